The van der Waals surface area contributed by atoms with E-state index in [2.05, 4.69) is 59.6 Å². The predicted molar refractivity (Wildman–Crippen MR) is 109 cm³/mol. The molecule has 0 fully saturated rings. The zero-order valence-electron chi connectivity index (χ0n) is 14.5. The summed E-state index contributed by atoms with van der Waals surface area (Å²) in [6, 6.07) is 13.4. The molecule has 0 bridgehead atoms. The monoisotopic (exact) mass is 325 g/mol. The van der Waals surface area contributed by atoms with Gasteiger partial charge >= 0.3 is 0 Å². The van der Waals surface area contributed by atoms with Crippen LogP contribution in [0.25, 0.3) is 16.3 Å². The van der Waals surface area contributed by atoms with Gasteiger partial charge in [-0.2, -0.15) is 0 Å². The molecule has 0 spiro atoms. The number of nitrogens with zero attached hydrogens (tertiary/aromatic N) is 1. The highest BCUT2D eigenvalue weighted by Gasteiger charge is 2.20. The van der Waals surface area contributed by atoms with Gasteiger partial charge in [0.15, 0.2) is 0 Å². The molecule has 25 heavy (non-hydrogen) atoms. The number of allylic oxidation sites excluding steroid dienone is 7. The van der Waals surface area contributed by atoms with Gasteiger partial charge in [-0.25, -0.2) is 0 Å². The Morgan fingerprint density at radius 1 is 0.840 bits per heavy atom. The molecule has 0 saturated heterocycles. The second kappa shape index (κ2) is 7.48. The highest BCUT2D eigenvalue weighted by Crippen LogP contribution is 2.39. The fraction of sp³-hybridized carbons (Fsp3) is 0.208. The van der Waals surface area contributed by atoms with Crippen molar-refractivity contribution < 1.29 is 0 Å². The van der Waals surface area contributed by atoms with Gasteiger partial charge in [-0.3, -0.25) is 4.99 Å². The highest BCUT2D eigenvalue weighted by molar-refractivity contribution is 5.93. The molecule has 1 heteroatoms. The van der Waals surface area contributed by atoms with Gasteiger partial charge in [0.05, 0.1) is 0 Å². The van der Waals surface area contributed by atoms with Gasteiger partial charge in [-0.15, -0.1) is 0 Å². The van der Waals surface area contributed by atoms with E-state index in [9.17, 15) is 0 Å². The fourth-order valence-electron chi connectivity index (χ4n) is 3.82. The van der Waals surface area contributed by atoms with Crippen molar-refractivity contribution in [3.8, 4) is 0 Å². The Morgan fingerprint density at radius 2 is 1.80 bits per heavy atom. The van der Waals surface area contributed by atoms with E-state index in [4.69, 9.17) is 0 Å². The third kappa shape index (κ3) is 3.41. The maximum absolute atomic E-state index is 3.88. The van der Waals surface area contributed by atoms with Crippen molar-refractivity contribution in [3.05, 3.63) is 89.7 Å². The van der Waals surface area contributed by atoms with E-state index in [0.717, 1.165) is 6.42 Å². The molecule has 0 atom stereocenters. The Hall–Kier alpha value is -2.67. The largest absolute Gasteiger partial charge is 0.265 e. The van der Waals surface area contributed by atoms with Gasteiger partial charge in [-0.05, 0) is 65.7 Å². The lowest BCUT2D eigenvalue weighted by Gasteiger charge is -2.25. The summed E-state index contributed by atoms with van der Waals surface area (Å²) in [5, 5.41) is 2.82. The van der Waals surface area contributed by atoms with Gasteiger partial charge in [0.2, 0.25) is 0 Å². The van der Waals surface area contributed by atoms with Gasteiger partial charge in [0.1, 0.15) is 0 Å². The SMILES string of the molecule is C1=CC2=C(CC1)CCc1c2ccc2ccccc12.C1=CCC=CN=C1. The number of hydrogen-bond donors (Lipinski definition) is 0. The molecule has 0 saturated carbocycles. The van der Waals surface area contributed by atoms with Crippen LogP contribution in [0, 0.1) is 0 Å². The first kappa shape index (κ1) is 15.8. The van der Waals surface area contributed by atoms with Crippen molar-refractivity contribution in [2.24, 2.45) is 4.99 Å². The lowest BCUT2D eigenvalue weighted by Crippen LogP contribution is -2.06. The summed E-state index contributed by atoms with van der Waals surface area (Å²) in [5.74, 6) is 0. The number of aliphatic imine (C=N–C) groups is 1. The van der Waals surface area contributed by atoms with Gasteiger partial charge < -0.3 is 0 Å². The van der Waals surface area contributed by atoms with E-state index in [-0.39, 0.29) is 0 Å². The molecular weight excluding hydrogens is 302 g/mol. The minimum Gasteiger partial charge on any atom is -0.265 e. The number of aryl methyl sites for hydroxylation is 1. The summed E-state index contributed by atoms with van der Waals surface area (Å²) in [7, 11) is 0. The van der Waals surface area contributed by atoms with Gasteiger partial charge in [0.25, 0.3) is 0 Å². The quantitative estimate of drug-likeness (QED) is 0.530. The normalized spacial score (nSPS) is 17.6. The topological polar surface area (TPSA) is 12.4 Å². The Kier molecular flexibility index (Phi) is 4.74. The molecular formula is C24H23N. The molecule has 0 radical (unpaired) electrons. The van der Waals surface area contributed by atoms with Crippen molar-refractivity contribution in [2.75, 3.05) is 0 Å². The molecule has 2 aromatic carbocycles. The fourth-order valence-corrected chi connectivity index (χ4v) is 3.82. The van der Waals surface area contributed by atoms with Crippen LogP contribution in [0.5, 0.6) is 0 Å². The van der Waals surface area contributed by atoms with Gasteiger partial charge in [0, 0.05) is 12.4 Å². The van der Waals surface area contributed by atoms with E-state index in [1.807, 2.05) is 12.2 Å². The molecule has 2 aromatic rings. The van der Waals surface area contributed by atoms with E-state index in [0.29, 0.717) is 0 Å². The predicted octanol–water partition coefficient (Wildman–Crippen LogP) is 6.42. The Balaban J connectivity index is 0.000000190. The Morgan fingerprint density at radius 3 is 2.80 bits per heavy atom. The molecule has 124 valence electrons. The first-order valence-electron chi connectivity index (χ1n) is 9.16. The average Bonchev–Trinajstić information content (AvgIpc) is 3.01. The van der Waals surface area contributed by atoms with Crippen LogP contribution >= 0.6 is 0 Å². The van der Waals surface area contributed by atoms with E-state index < -0.39 is 0 Å². The van der Waals surface area contributed by atoms with Crippen LogP contribution in [0.3, 0.4) is 0 Å². The van der Waals surface area contributed by atoms with E-state index >= 15 is 0 Å². The van der Waals surface area contributed by atoms with Gasteiger partial charge in [-0.1, -0.05) is 66.3 Å². The highest BCUT2D eigenvalue weighted by atomic mass is 14.7. The summed E-state index contributed by atoms with van der Waals surface area (Å²) in [6.07, 6.45) is 20.2. The van der Waals surface area contributed by atoms with Crippen molar-refractivity contribution in [2.45, 2.75) is 32.1 Å². The number of hydrogen-bond acceptors (Lipinski definition) is 1. The van der Waals surface area contributed by atoms with Crippen LogP contribution in [0.4, 0.5) is 0 Å². The van der Waals surface area contributed by atoms with Crippen molar-refractivity contribution in [1.29, 1.82) is 0 Å². The second-order valence-electron chi connectivity index (χ2n) is 6.62. The zero-order chi connectivity index (χ0) is 16.9. The smallest absolute Gasteiger partial charge is 0.0264 e. The molecule has 5 rings (SSSR count). The number of benzene rings is 2. The van der Waals surface area contributed by atoms with Crippen molar-refractivity contribution in [1.82, 2.24) is 0 Å². The summed E-state index contributed by atoms with van der Waals surface area (Å²) in [4.78, 5) is 3.88. The minimum atomic E-state index is 1.01. The van der Waals surface area contributed by atoms with E-state index in [1.54, 1.807) is 23.6 Å². The summed E-state index contributed by atoms with van der Waals surface area (Å²) >= 11 is 0. The molecule has 3 aliphatic rings. The van der Waals surface area contributed by atoms with Crippen LogP contribution in [-0.4, -0.2) is 6.21 Å². The molecule has 0 unspecified atom stereocenters. The van der Waals surface area contributed by atoms with Crippen molar-refractivity contribution >= 4 is 22.6 Å². The summed E-state index contributed by atoms with van der Waals surface area (Å²) in [6.45, 7) is 0. The molecule has 2 aliphatic carbocycles. The van der Waals surface area contributed by atoms with Crippen molar-refractivity contribution in [3.63, 3.8) is 0 Å². The molecule has 1 nitrogen and oxygen atoms in total. The maximum Gasteiger partial charge on any atom is 0.0264 e. The third-order valence-electron chi connectivity index (χ3n) is 5.06. The summed E-state index contributed by atoms with van der Waals surface area (Å²) in [5.41, 5.74) is 6.21. The standard InChI is InChI=1S/C18H16.C6H7N/c1-3-7-15-13(5-1)9-11-18-16-8-4-2-6-14(16)10-12-17(15)18;1-2-4-6-7-5-3-1/h1,3-5,7-9,11H,2,6,10,12H2;1,3-6H,2H2. The lowest BCUT2D eigenvalue weighted by atomic mass is 9.80. The molecule has 1 aliphatic heterocycles. The molecule has 0 aromatic heterocycles. The number of rotatable bonds is 0. The molecule has 0 N–H and O–H groups in total. The molecule has 1 heterocycles. The Labute approximate surface area is 149 Å². The number of fused-ring (bicyclic) bond motifs is 4. The maximum atomic E-state index is 3.88. The van der Waals surface area contributed by atoms with Crippen LogP contribution in [-0.2, 0) is 6.42 Å². The van der Waals surface area contributed by atoms with Crippen LogP contribution in [0.15, 0.2) is 83.5 Å². The second-order valence-corrected chi connectivity index (χ2v) is 6.62. The van der Waals surface area contributed by atoms with Crippen LogP contribution in [0.2, 0.25) is 0 Å². The van der Waals surface area contributed by atoms with Crippen LogP contribution < -0.4 is 0 Å². The van der Waals surface area contributed by atoms with E-state index in [1.165, 1.54) is 47.6 Å². The summed E-state index contributed by atoms with van der Waals surface area (Å²) < 4.78 is 0. The lowest BCUT2D eigenvalue weighted by molar-refractivity contribution is 0.831. The third-order valence-corrected chi connectivity index (χ3v) is 5.06. The van der Waals surface area contributed by atoms with Crippen LogP contribution in [0.1, 0.15) is 36.8 Å². The first-order valence-corrected chi connectivity index (χ1v) is 9.16. The molecule has 0 amide bonds. The average molecular weight is 325 g/mol. The zero-order valence-corrected chi connectivity index (χ0v) is 14.5. The first-order chi connectivity index (χ1) is 12.4. The minimum absolute atomic E-state index is 1.01. The Bertz CT molecular complexity index is 908.